The zero-order chi connectivity index (χ0) is 13.5. The third-order valence-electron chi connectivity index (χ3n) is 4.32. The van der Waals surface area contributed by atoms with Crippen LogP contribution in [0, 0.1) is 5.92 Å². The Balaban J connectivity index is 1.77. The van der Waals surface area contributed by atoms with Gasteiger partial charge in [-0.1, -0.05) is 0 Å². The fraction of sp³-hybridized carbons (Fsp3) is 0.769. The summed E-state index contributed by atoms with van der Waals surface area (Å²) in [7, 11) is 1.59. The summed E-state index contributed by atoms with van der Waals surface area (Å²) in [6.45, 7) is 2.73. The van der Waals surface area contributed by atoms with Crippen molar-refractivity contribution in [2.75, 3.05) is 12.4 Å². The van der Waals surface area contributed by atoms with E-state index in [1.54, 1.807) is 7.11 Å². The number of aromatic nitrogens is 3. The molecule has 6 heteroatoms. The van der Waals surface area contributed by atoms with Gasteiger partial charge in [0.15, 0.2) is 0 Å². The van der Waals surface area contributed by atoms with E-state index in [9.17, 15) is 4.79 Å². The molecule has 0 aromatic carbocycles. The van der Waals surface area contributed by atoms with E-state index < -0.39 is 5.60 Å². The standard InChI is InChI=1S/C13H20N4O2/c1-13(19-2,9-6-7-9)11(18)14-12-16-15-10-5-3-4-8-17(10)12/h9H,3-8H2,1-2H3,(H,14,16,18). The van der Waals surface area contributed by atoms with E-state index >= 15 is 0 Å². The Labute approximate surface area is 112 Å². The van der Waals surface area contributed by atoms with Crippen molar-refractivity contribution in [3.8, 4) is 0 Å². The average Bonchev–Trinajstić information content (AvgIpc) is 3.22. The van der Waals surface area contributed by atoms with Crippen LogP contribution in [-0.4, -0.2) is 33.4 Å². The Hall–Kier alpha value is -1.43. The molecule has 0 spiro atoms. The van der Waals surface area contributed by atoms with Crippen LogP contribution in [0.25, 0.3) is 0 Å². The molecule has 1 aliphatic carbocycles. The number of aryl methyl sites for hydroxylation is 1. The Morgan fingerprint density at radius 2 is 2.21 bits per heavy atom. The van der Waals surface area contributed by atoms with Crippen LogP contribution in [0.3, 0.4) is 0 Å². The summed E-state index contributed by atoms with van der Waals surface area (Å²) in [5, 5.41) is 11.1. The Bertz CT molecular complexity index is 495. The van der Waals surface area contributed by atoms with Gasteiger partial charge in [-0.05, 0) is 38.5 Å². The number of ether oxygens (including phenoxy) is 1. The molecular weight excluding hydrogens is 244 g/mol. The number of carbonyl (C=O) groups excluding carboxylic acids is 1. The van der Waals surface area contributed by atoms with Crippen molar-refractivity contribution in [1.82, 2.24) is 14.8 Å². The van der Waals surface area contributed by atoms with Crippen LogP contribution in [0.15, 0.2) is 0 Å². The monoisotopic (exact) mass is 264 g/mol. The number of nitrogens with one attached hydrogen (secondary N) is 1. The SMILES string of the molecule is COC(C)(C(=O)Nc1nnc2n1CCCC2)C1CC1. The van der Waals surface area contributed by atoms with Crippen LogP contribution in [0.1, 0.15) is 38.4 Å². The number of methoxy groups -OCH3 is 1. The lowest BCUT2D eigenvalue weighted by atomic mass is 9.99. The Morgan fingerprint density at radius 3 is 2.89 bits per heavy atom. The Morgan fingerprint density at radius 1 is 1.42 bits per heavy atom. The van der Waals surface area contributed by atoms with Gasteiger partial charge in [0.2, 0.25) is 5.95 Å². The molecule has 1 atom stereocenters. The molecule has 1 amide bonds. The van der Waals surface area contributed by atoms with Gasteiger partial charge in [-0.15, -0.1) is 10.2 Å². The molecule has 1 aromatic heterocycles. The number of hydrogen-bond donors (Lipinski definition) is 1. The molecule has 0 bridgehead atoms. The van der Waals surface area contributed by atoms with Crippen molar-refractivity contribution in [1.29, 1.82) is 0 Å². The topological polar surface area (TPSA) is 69.0 Å². The predicted molar refractivity (Wildman–Crippen MR) is 69.7 cm³/mol. The largest absolute Gasteiger partial charge is 0.368 e. The first-order chi connectivity index (χ1) is 9.15. The van der Waals surface area contributed by atoms with Crippen molar-refractivity contribution in [2.24, 2.45) is 5.92 Å². The van der Waals surface area contributed by atoms with Crippen molar-refractivity contribution in [3.63, 3.8) is 0 Å². The molecule has 1 saturated carbocycles. The highest BCUT2D eigenvalue weighted by molar-refractivity contribution is 5.96. The molecule has 1 N–H and O–H groups in total. The summed E-state index contributed by atoms with van der Waals surface area (Å²) < 4.78 is 7.45. The van der Waals surface area contributed by atoms with E-state index in [1.807, 2.05) is 11.5 Å². The molecule has 1 aliphatic heterocycles. The summed E-state index contributed by atoms with van der Waals surface area (Å²) >= 11 is 0. The quantitative estimate of drug-likeness (QED) is 0.891. The molecule has 1 aromatic rings. The summed E-state index contributed by atoms with van der Waals surface area (Å²) in [5.41, 5.74) is -0.749. The highest BCUT2D eigenvalue weighted by Gasteiger charge is 2.48. The molecule has 0 radical (unpaired) electrons. The van der Waals surface area contributed by atoms with Gasteiger partial charge in [-0.2, -0.15) is 0 Å². The van der Waals surface area contributed by atoms with E-state index in [1.165, 1.54) is 0 Å². The smallest absolute Gasteiger partial charge is 0.258 e. The predicted octanol–water partition coefficient (Wildman–Crippen LogP) is 1.37. The van der Waals surface area contributed by atoms with Crippen molar-refractivity contribution in [3.05, 3.63) is 5.82 Å². The summed E-state index contributed by atoms with van der Waals surface area (Å²) in [6, 6.07) is 0. The summed E-state index contributed by atoms with van der Waals surface area (Å²) in [6.07, 6.45) is 5.29. The molecule has 0 saturated heterocycles. The maximum atomic E-state index is 12.4. The fourth-order valence-corrected chi connectivity index (χ4v) is 2.71. The van der Waals surface area contributed by atoms with Crippen molar-refractivity contribution < 1.29 is 9.53 Å². The van der Waals surface area contributed by atoms with Crippen molar-refractivity contribution >= 4 is 11.9 Å². The number of amides is 1. The third-order valence-corrected chi connectivity index (χ3v) is 4.32. The molecule has 1 unspecified atom stereocenters. The van der Waals surface area contributed by atoms with E-state index in [0.29, 0.717) is 11.9 Å². The highest BCUT2D eigenvalue weighted by atomic mass is 16.5. The van der Waals surface area contributed by atoms with Gasteiger partial charge >= 0.3 is 0 Å². The Kier molecular flexibility index (Phi) is 3.05. The lowest BCUT2D eigenvalue weighted by Crippen LogP contribution is -2.44. The van der Waals surface area contributed by atoms with Gasteiger partial charge in [0.25, 0.3) is 5.91 Å². The average molecular weight is 264 g/mol. The van der Waals surface area contributed by atoms with Gasteiger partial charge < -0.3 is 4.74 Å². The normalized spacial score (nSPS) is 21.6. The van der Waals surface area contributed by atoms with Gasteiger partial charge in [0.05, 0.1) is 0 Å². The van der Waals surface area contributed by atoms with Crippen LogP contribution >= 0.6 is 0 Å². The number of fused-ring (bicyclic) bond motifs is 1. The first kappa shape index (κ1) is 12.6. The number of anilines is 1. The fourth-order valence-electron chi connectivity index (χ4n) is 2.71. The van der Waals surface area contributed by atoms with Crippen LogP contribution in [0.4, 0.5) is 5.95 Å². The number of carbonyl (C=O) groups is 1. The van der Waals surface area contributed by atoms with E-state index in [-0.39, 0.29) is 5.91 Å². The van der Waals surface area contributed by atoms with E-state index in [4.69, 9.17) is 4.74 Å². The molecule has 19 heavy (non-hydrogen) atoms. The zero-order valence-corrected chi connectivity index (χ0v) is 11.5. The van der Waals surface area contributed by atoms with Gasteiger partial charge in [0, 0.05) is 20.1 Å². The number of nitrogens with zero attached hydrogens (tertiary/aromatic N) is 3. The van der Waals surface area contributed by atoms with Crippen LogP contribution in [0.5, 0.6) is 0 Å². The maximum absolute atomic E-state index is 12.4. The van der Waals surface area contributed by atoms with E-state index in [0.717, 1.165) is 44.5 Å². The second-order valence-electron chi connectivity index (χ2n) is 5.59. The zero-order valence-electron chi connectivity index (χ0n) is 11.5. The third kappa shape index (κ3) is 2.14. The molecule has 2 aliphatic rings. The molecule has 2 heterocycles. The lowest BCUT2D eigenvalue weighted by Gasteiger charge is -2.26. The van der Waals surface area contributed by atoms with Gasteiger partial charge in [0.1, 0.15) is 11.4 Å². The lowest BCUT2D eigenvalue weighted by molar-refractivity contribution is -0.138. The molecule has 6 nitrogen and oxygen atoms in total. The highest BCUT2D eigenvalue weighted by Crippen LogP contribution is 2.42. The molecular formula is C13H20N4O2. The minimum atomic E-state index is -0.749. The minimum Gasteiger partial charge on any atom is -0.368 e. The second kappa shape index (κ2) is 4.59. The molecule has 104 valence electrons. The van der Waals surface area contributed by atoms with Crippen molar-refractivity contribution in [2.45, 2.75) is 51.2 Å². The maximum Gasteiger partial charge on any atom is 0.258 e. The number of rotatable bonds is 4. The molecule has 1 fully saturated rings. The van der Waals surface area contributed by atoms with Crippen LogP contribution < -0.4 is 5.32 Å². The first-order valence-electron chi connectivity index (χ1n) is 6.94. The summed E-state index contributed by atoms with van der Waals surface area (Å²) in [5.74, 6) is 1.73. The van der Waals surface area contributed by atoms with Gasteiger partial charge in [-0.3, -0.25) is 14.7 Å². The van der Waals surface area contributed by atoms with E-state index in [2.05, 4.69) is 15.5 Å². The first-order valence-corrected chi connectivity index (χ1v) is 6.94. The minimum absolute atomic E-state index is 0.113. The molecule has 3 rings (SSSR count). The second-order valence-corrected chi connectivity index (χ2v) is 5.59. The van der Waals surface area contributed by atoms with Crippen LogP contribution in [0.2, 0.25) is 0 Å². The number of hydrogen-bond acceptors (Lipinski definition) is 4. The van der Waals surface area contributed by atoms with Gasteiger partial charge in [-0.25, -0.2) is 0 Å². The van der Waals surface area contributed by atoms with Crippen LogP contribution in [-0.2, 0) is 22.5 Å². The summed E-state index contributed by atoms with van der Waals surface area (Å²) in [4.78, 5) is 12.4.